The first-order chi connectivity index (χ1) is 7.27. The van der Waals surface area contributed by atoms with Gasteiger partial charge in [0.1, 0.15) is 0 Å². The Morgan fingerprint density at radius 1 is 1.25 bits per heavy atom. The van der Waals surface area contributed by atoms with Crippen molar-refractivity contribution in [1.82, 2.24) is 5.32 Å². The average molecular weight is 281 g/mol. The second-order valence-electron chi connectivity index (χ2n) is 4.05. The van der Waals surface area contributed by atoms with Gasteiger partial charge in [-0.15, -0.1) is 12.4 Å². The highest BCUT2D eigenvalue weighted by molar-refractivity contribution is 6.42. The molecule has 0 unspecified atom stereocenters. The number of nitrogens with one attached hydrogen (secondary N) is 1. The third-order valence-electron chi connectivity index (χ3n) is 3.21. The Hall–Kier alpha value is 0.01000. The minimum Gasteiger partial charge on any atom is -0.372 e. The summed E-state index contributed by atoms with van der Waals surface area (Å²) in [5, 5.41) is 4.67. The quantitative estimate of drug-likeness (QED) is 0.789. The van der Waals surface area contributed by atoms with E-state index in [1.54, 1.807) is 0 Å². The number of hydrogen-bond donors (Lipinski definition) is 1. The van der Waals surface area contributed by atoms with Crippen molar-refractivity contribution < 1.29 is 4.74 Å². The number of ether oxygens (including phenoxy) is 1. The van der Waals surface area contributed by atoms with E-state index in [0.717, 1.165) is 13.1 Å². The van der Waals surface area contributed by atoms with Crippen LogP contribution in [0.2, 0.25) is 10.0 Å². The largest absolute Gasteiger partial charge is 0.372 e. The molecule has 2 atom stereocenters. The molecule has 0 saturated carbocycles. The first-order valence-corrected chi connectivity index (χ1v) is 5.82. The zero-order chi connectivity index (χ0) is 10.4. The van der Waals surface area contributed by atoms with Crippen LogP contribution in [0.1, 0.15) is 17.0 Å². The number of fused-ring (bicyclic) bond motifs is 3. The lowest BCUT2D eigenvalue weighted by Crippen LogP contribution is -2.27. The summed E-state index contributed by atoms with van der Waals surface area (Å²) in [6, 6.07) is 3.85. The topological polar surface area (TPSA) is 21.3 Å². The molecule has 2 nitrogen and oxygen atoms in total. The second kappa shape index (κ2) is 4.71. The molecule has 0 spiro atoms. The Bertz CT molecular complexity index is 410. The molecule has 0 bridgehead atoms. The van der Waals surface area contributed by atoms with Crippen molar-refractivity contribution in [2.24, 2.45) is 0 Å². The van der Waals surface area contributed by atoms with Gasteiger partial charge in [0.2, 0.25) is 0 Å². The van der Waals surface area contributed by atoms with Gasteiger partial charge in [0.15, 0.2) is 0 Å². The minimum absolute atomic E-state index is 0. The van der Waals surface area contributed by atoms with E-state index < -0.39 is 0 Å². The highest BCUT2D eigenvalue weighted by Crippen LogP contribution is 2.40. The molecule has 2 heterocycles. The highest BCUT2D eigenvalue weighted by atomic mass is 35.5. The number of halogens is 3. The molecule has 0 aliphatic carbocycles. The molecule has 2 aliphatic heterocycles. The van der Waals surface area contributed by atoms with E-state index in [1.165, 1.54) is 11.1 Å². The fourth-order valence-corrected chi connectivity index (χ4v) is 2.94. The lowest BCUT2D eigenvalue weighted by Gasteiger charge is -2.29. The predicted octanol–water partition coefficient (Wildman–Crippen LogP) is 3.00. The summed E-state index contributed by atoms with van der Waals surface area (Å²) in [7, 11) is 0. The van der Waals surface area contributed by atoms with Crippen molar-refractivity contribution in [2.45, 2.75) is 18.6 Å². The van der Waals surface area contributed by atoms with Gasteiger partial charge in [0.25, 0.3) is 0 Å². The first kappa shape index (κ1) is 12.5. The molecule has 1 saturated heterocycles. The van der Waals surface area contributed by atoms with E-state index >= 15 is 0 Å². The Morgan fingerprint density at radius 3 is 2.88 bits per heavy atom. The van der Waals surface area contributed by atoms with E-state index in [2.05, 4.69) is 5.32 Å². The summed E-state index contributed by atoms with van der Waals surface area (Å²) >= 11 is 12.3. The van der Waals surface area contributed by atoms with Crippen LogP contribution in [-0.2, 0) is 11.3 Å². The van der Waals surface area contributed by atoms with Gasteiger partial charge in [-0.3, -0.25) is 0 Å². The van der Waals surface area contributed by atoms with Crippen molar-refractivity contribution >= 4 is 35.6 Å². The van der Waals surface area contributed by atoms with Crippen LogP contribution in [-0.4, -0.2) is 19.2 Å². The van der Waals surface area contributed by atoms with Crippen LogP contribution in [0, 0.1) is 0 Å². The van der Waals surface area contributed by atoms with Crippen molar-refractivity contribution in [3.05, 3.63) is 33.3 Å². The Morgan fingerprint density at radius 2 is 2.06 bits per heavy atom. The van der Waals surface area contributed by atoms with Crippen molar-refractivity contribution in [1.29, 1.82) is 0 Å². The SMILES string of the molecule is Cl.Clc1ccc2c(c1Cl)[C@@H]1CNC[C@@H]1OC2. The van der Waals surface area contributed by atoms with Crippen LogP contribution in [0.4, 0.5) is 0 Å². The smallest absolute Gasteiger partial charge is 0.0785 e. The van der Waals surface area contributed by atoms with Gasteiger partial charge in [-0.25, -0.2) is 0 Å². The fraction of sp³-hybridized carbons (Fsp3) is 0.455. The van der Waals surface area contributed by atoms with E-state index in [-0.39, 0.29) is 18.5 Å². The molecule has 2 aliphatic rings. The van der Waals surface area contributed by atoms with Gasteiger partial charge in [0, 0.05) is 19.0 Å². The van der Waals surface area contributed by atoms with Gasteiger partial charge in [-0.2, -0.15) is 0 Å². The standard InChI is InChI=1S/C11H11Cl2NO.ClH/c12-8-2-1-6-5-15-9-4-14-3-7(9)10(6)11(8)13;/h1-2,7,9,14H,3-5H2;1H/t7-,9+;/m1./s1. The van der Waals surface area contributed by atoms with Crippen LogP contribution in [0.3, 0.4) is 0 Å². The molecule has 1 aromatic rings. The molecule has 5 heteroatoms. The van der Waals surface area contributed by atoms with Crippen LogP contribution < -0.4 is 5.32 Å². The lowest BCUT2D eigenvalue weighted by atomic mass is 9.89. The lowest BCUT2D eigenvalue weighted by molar-refractivity contribution is 0.0300. The molecule has 0 aromatic heterocycles. The van der Waals surface area contributed by atoms with Gasteiger partial charge in [0.05, 0.1) is 22.8 Å². The second-order valence-corrected chi connectivity index (χ2v) is 4.83. The molecule has 3 rings (SSSR count). The summed E-state index contributed by atoms with van der Waals surface area (Å²) in [5.41, 5.74) is 2.36. The van der Waals surface area contributed by atoms with Gasteiger partial charge < -0.3 is 10.1 Å². The third-order valence-corrected chi connectivity index (χ3v) is 4.02. The Labute approximate surface area is 111 Å². The number of rotatable bonds is 0. The maximum Gasteiger partial charge on any atom is 0.0785 e. The van der Waals surface area contributed by atoms with Crippen molar-refractivity contribution in [3.8, 4) is 0 Å². The van der Waals surface area contributed by atoms with E-state index in [1.807, 2.05) is 12.1 Å². The van der Waals surface area contributed by atoms with Gasteiger partial charge in [-0.05, 0) is 17.2 Å². The van der Waals surface area contributed by atoms with Crippen LogP contribution in [0.5, 0.6) is 0 Å². The molecule has 1 fully saturated rings. The number of benzene rings is 1. The first-order valence-electron chi connectivity index (χ1n) is 5.06. The van der Waals surface area contributed by atoms with Gasteiger partial charge in [-0.1, -0.05) is 29.3 Å². The molecule has 0 amide bonds. The highest BCUT2D eigenvalue weighted by Gasteiger charge is 2.36. The van der Waals surface area contributed by atoms with Crippen molar-refractivity contribution in [2.75, 3.05) is 13.1 Å². The third kappa shape index (κ3) is 1.83. The van der Waals surface area contributed by atoms with Crippen LogP contribution in [0.25, 0.3) is 0 Å². The molecule has 1 N–H and O–H groups in total. The molecule has 1 aromatic carbocycles. The zero-order valence-corrected chi connectivity index (χ0v) is 10.8. The number of hydrogen-bond acceptors (Lipinski definition) is 2. The van der Waals surface area contributed by atoms with E-state index in [0.29, 0.717) is 22.6 Å². The summed E-state index contributed by atoms with van der Waals surface area (Å²) in [6.07, 6.45) is 0.258. The molecular weight excluding hydrogens is 268 g/mol. The van der Waals surface area contributed by atoms with E-state index in [4.69, 9.17) is 27.9 Å². The summed E-state index contributed by atoms with van der Waals surface area (Å²) < 4.78 is 5.76. The predicted molar refractivity (Wildman–Crippen MR) is 67.9 cm³/mol. The normalized spacial score (nSPS) is 26.9. The zero-order valence-electron chi connectivity index (χ0n) is 8.50. The maximum atomic E-state index is 6.26. The van der Waals surface area contributed by atoms with E-state index in [9.17, 15) is 0 Å². The summed E-state index contributed by atoms with van der Waals surface area (Å²) in [6.45, 7) is 2.49. The summed E-state index contributed by atoms with van der Waals surface area (Å²) in [4.78, 5) is 0. The fourth-order valence-electron chi connectivity index (χ4n) is 2.45. The van der Waals surface area contributed by atoms with Crippen LogP contribution in [0.15, 0.2) is 12.1 Å². The molecule has 88 valence electrons. The molecular formula is C11H12Cl3NO. The minimum atomic E-state index is 0. The Kier molecular flexibility index (Phi) is 3.67. The van der Waals surface area contributed by atoms with Crippen LogP contribution >= 0.6 is 35.6 Å². The summed E-state index contributed by atoms with van der Waals surface area (Å²) in [5.74, 6) is 0.361. The average Bonchev–Trinajstić information content (AvgIpc) is 2.70. The molecule has 16 heavy (non-hydrogen) atoms. The Balaban J connectivity index is 0.000000963. The van der Waals surface area contributed by atoms with Gasteiger partial charge >= 0.3 is 0 Å². The maximum absolute atomic E-state index is 6.26. The monoisotopic (exact) mass is 279 g/mol. The molecule has 0 radical (unpaired) electrons. The van der Waals surface area contributed by atoms with Crippen molar-refractivity contribution in [3.63, 3.8) is 0 Å².